The average molecular weight is 249 g/mol. The molecule has 0 radical (unpaired) electrons. The zero-order valence-corrected chi connectivity index (χ0v) is 11.4. The number of carbonyl (C=O) groups excluding carboxylic acids is 1. The van der Waals surface area contributed by atoms with Crippen LogP contribution in [0.1, 0.15) is 26.3 Å². The summed E-state index contributed by atoms with van der Waals surface area (Å²) < 4.78 is 0. The smallest absolute Gasteiger partial charge is 0.236 e. The Morgan fingerprint density at radius 1 is 1.33 bits per heavy atom. The minimum Gasteiger partial charge on any atom is -0.368 e. The molecular weight excluding hydrogens is 226 g/mol. The highest BCUT2D eigenvalue weighted by Gasteiger charge is 2.12. The van der Waals surface area contributed by atoms with Crippen molar-refractivity contribution in [2.24, 2.45) is 5.73 Å². The molecule has 0 spiro atoms. The molecule has 0 saturated heterocycles. The number of hydrogen-bond acceptors (Lipinski definition) is 3. The predicted molar refractivity (Wildman–Crippen MR) is 75.5 cm³/mol. The maximum absolute atomic E-state index is 11.1. The highest BCUT2D eigenvalue weighted by atomic mass is 16.1. The second-order valence-electron chi connectivity index (χ2n) is 4.63. The van der Waals surface area contributed by atoms with Gasteiger partial charge in [-0.05, 0) is 38.1 Å². The number of nitrogens with zero attached hydrogens (tertiary/aromatic N) is 1. The van der Waals surface area contributed by atoms with E-state index in [0.29, 0.717) is 0 Å². The van der Waals surface area contributed by atoms with E-state index in [1.54, 1.807) is 0 Å². The first-order chi connectivity index (χ1) is 8.54. The Morgan fingerprint density at radius 3 is 2.39 bits per heavy atom. The lowest BCUT2D eigenvalue weighted by Crippen LogP contribution is -2.38. The van der Waals surface area contributed by atoms with Crippen LogP contribution in [0.4, 0.5) is 5.69 Å². The normalized spacial score (nSPS) is 10.7. The van der Waals surface area contributed by atoms with Gasteiger partial charge in [0.25, 0.3) is 0 Å². The lowest BCUT2D eigenvalue weighted by molar-refractivity contribution is -0.116. The molecule has 1 aromatic rings. The number of amides is 1. The van der Waals surface area contributed by atoms with Gasteiger partial charge in [-0.25, -0.2) is 0 Å². The molecule has 0 heterocycles. The Hall–Kier alpha value is -1.55. The molecule has 0 aliphatic rings. The van der Waals surface area contributed by atoms with E-state index in [9.17, 15) is 4.79 Å². The maximum Gasteiger partial charge on any atom is 0.236 e. The molecule has 0 fully saturated rings. The van der Waals surface area contributed by atoms with Gasteiger partial charge in [-0.1, -0.05) is 19.1 Å². The number of rotatable bonds is 7. The summed E-state index contributed by atoms with van der Waals surface area (Å²) in [4.78, 5) is 13.1. The van der Waals surface area contributed by atoms with Crippen LogP contribution in [-0.4, -0.2) is 25.0 Å². The number of benzene rings is 1. The first-order valence-corrected chi connectivity index (χ1v) is 6.39. The van der Waals surface area contributed by atoms with Crippen molar-refractivity contribution in [2.45, 2.75) is 33.4 Å². The van der Waals surface area contributed by atoms with E-state index in [1.807, 2.05) is 17.0 Å². The molecule has 0 aliphatic heterocycles. The van der Waals surface area contributed by atoms with Crippen molar-refractivity contribution in [3.63, 3.8) is 0 Å². The molecular formula is C14H23N3O. The molecule has 3 N–H and O–H groups in total. The van der Waals surface area contributed by atoms with Gasteiger partial charge >= 0.3 is 0 Å². The molecule has 4 heteroatoms. The van der Waals surface area contributed by atoms with Crippen LogP contribution in [0.25, 0.3) is 0 Å². The third-order valence-corrected chi connectivity index (χ3v) is 2.80. The molecule has 4 nitrogen and oxygen atoms in total. The van der Waals surface area contributed by atoms with E-state index in [0.717, 1.165) is 18.8 Å². The Morgan fingerprint density at radius 2 is 1.94 bits per heavy atom. The third-order valence-electron chi connectivity index (χ3n) is 2.80. The molecule has 0 saturated carbocycles. The lowest BCUT2D eigenvalue weighted by atomic mass is 10.1. The van der Waals surface area contributed by atoms with Gasteiger partial charge in [-0.15, -0.1) is 0 Å². The molecule has 100 valence electrons. The van der Waals surface area contributed by atoms with Gasteiger partial charge in [-0.3, -0.25) is 4.79 Å². The van der Waals surface area contributed by atoms with Crippen LogP contribution in [0, 0.1) is 0 Å². The third kappa shape index (κ3) is 4.37. The molecule has 0 atom stereocenters. The zero-order chi connectivity index (χ0) is 13.5. The summed E-state index contributed by atoms with van der Waals surface area (Å²) in [5, 5.41) is 3.28. The van der Waals surface area contributed by atoms with E-state index in [1.165, 1.54) is 5.56 Å². The predicted octanol–water partition coefficient (Wildman–Crippen LogP) is 1.50. The van der Waals surface area contributed by atoms with Crippen molar-refractivity contribution in [3.05, 3.63) is 29.8 Å². The number of anilines is 1. The maximum atomic E-state index is 11.1. The highest BCUT2D eigenvalue weighted by Crippen LogP contribution is 2.17. The van der Waals surface area contributed by atoms with Gasteiger partial charge in [0.15, 0.2) is 0 Å². The van der Waals surface area contributed by atoms with Crippen LogP contribution in [0.2, 0.25) is 0 Å². The lowest BCUT2D eigenvalue weighted by Gasteiger charge is -2.27. The van der Waals surface area contributed by atoms with Crippen LogP contribution in [0.3, 0.4) is 0 Å². The number of hydrogen-bond donors (Lipinski definition) is 2. The van der Waals surface area contributed by atoms with Crippen molar-refractivity contribution in [2.75, 3.05) is 18.0 Å². The van der Waals surface area contributed by atoms with Gasteiger partial charge in [0.2, 0.25) is 5.91 Å². The van der Waals surface area contributed by atoms with Crippen molar-refractivity contribution >= 4 is 11.6 Å². The van der Waals surface area contributed by atoms with Gasteiger partial charge < -0.3 is 16.0 Å². The summed E-state index contributed by atoms with van der Waals surface area (Å²) in [7, 11) is 0. The topological polar surface area (TPSA) is 58.4 Å². The number of carbonyl (C=O) groups is 1. The quantitative estimate of drug-likeness (QED) is 0.770. The molecule has 1 aromatic carbocycles. The summed E-state index contributed by atoms with van der Waals surface area (Å²) in [6, 6.07) is 8.48. The minimum absolute atomic E-state index is 0.247. The molecule has 1 rings (SSSR count). The summed E-state index contributed by atoms with van der Waals surface area (Å²) >= 11 is 0. The largest absolute Gasteiger partial charge is 0.368 e. The fraction of sp³-hybridized carbons (Fsp3) is 0.500. The second kappa shape index (κ2) is 7.01. The van der Waals surface area contributed by atoms with E-state index in [-0.39, 0.29) is 18.5 Å². The standard InChI is InChI=1S/C14H23N3O/c1-4-16-9-12-5-7-13(8-6-12)17(11(2)3)10-14(15)18/h5-8,11,16H,4,9-10H2,1-3H3,(H2,15,18). The Bertz CT molecular complexity index is 373. The van der Waals surface area contributed by atoms with Gasteiger partial charge in [-0.2, -0.15) is 0 Å². The zero-order valence-electron chi connectivity index (χ0n) is 11.4. The summed E-state index contributed by atoms with van der Waals surface area (Å²) in [5.41, 5.74) is 7.54. The summed E-state index contributed by atoms with van der Waals surface area (Å²) in [5.74, 6) is -0.305. The Kier molecular flexibility index (Phi) is 5.65. The van der Waals surface area contributed by atoms with Crippen LogP contribution in [0.5, 0.6) is 0 Å². The van der Waals surface area contributed by atoms with E-state index < -0.39 is 0 Å². The monoisotopic (exact) mass is 249 g/mol. The van der Waals surface area contributed by atoms with Crippen LogP contribution in [0.15, 0.2) is 24.3 Å². The van der Waals surface area contributed by atoms with Gasteiger partial charge in [0.1, 0.15) is 0 Å². The van der Waals surface area contributed by atoms with Gasteiger partial charge in [0.05, 0.1) is 6.54 Å². The summed E-state index contributed by atoms with van der Waals surface area (Å²) in [6.45, 7) is 8.27. The van der Waals surface area contributed by atoms with E-state index >= 15 is 0 Å². The van der Waals surface area contributed by atoms with Crippen LogP contribution < -0.4 is 16.0 Å². The minimum atomic E-state index is -0.305. The van der Waals surface area contributed by atoms with Crippen molar-refractivity contribution in [1.29, 1.82) is 0 Å². The molecule has 0 aliphatic carbocycles. The van der Waals surface area contributed by atoms with Crippen LogP contribution in [-0.2, 0) is 11.3 Å². The average Bonchev–Trinajstić information content (AvgIpc) is 2.34. The van der Waals surface area contributed by atoms with Gasteiger partial charge in [0, 0.05) is 18.3 Å². The first kappa shape index (κ1) is 14.5. The summed E-state index contributed by atoms with van der Waals surface area (Å²) in [6.07, 6.45) is 0. The fourth-order valence-corrected chi connectivity index (χ4v) is 1.81. The SMILES string of the molecule is CCNCc1ccc(N(CC(N)=O)C(C)C)cc1. The van der Waals surface area contributed by atoms with Crippen molar-refractivity contribution in [1.82, 2.24) is 5.32 Å². The number of primary amides is 1. The molecule has 0 bridgehead atoms. The van der Waals surface area contributed by atoms with E-state index in [2.05, 4.69) is 38.2 Å². The Labute approximate surface area is 109 Å². The molecule has 1 amide bonds. The van der Waals surface area contributed by atoms with Crippen LogP contribution >= 0.6 is 0 Å². The fourth-order valence-electron chi connectivity index (χ4n) is 1.81. The Balaban J connectivity index is 2.77. The number of nitrogens with one attached hydrogen (secondary N) is 1. The second-order valence-corrected chi connectivity index (χ2v) is 4.63. The highest BCUT2D eigenvalue weighted by molar-refractivity contribution is 5.79. The molecule has 18 heavy (non-hydrogen) atoms. The van der Waals surface area contributed by atoms with Crippen molar-refractivity contribution < 1.29 is 4.79 Å². The van der Waals surface area contributed by atoms with E-state index in [4.69, 9.17) is 5.73 Å². The molecule has 0 aromatic heterocycles. The number of nitrogens with two attached hydrogens (primary N) is 1. The molecule has 0 unspecified atom stereocenters. The first-order valence-electron chi connectivity index (χ1n) is 6.39. The van der Waals surface area contributed by atoms with Crippen molar-refractivity contribution in [3.8, 4) is 0 Å².